The molecule has 0 saturated carbocycles. The molecule has 0 unspecified atom stereocenters. The van der Waals surface area contributed by atoms with Crippen LogP contribution in [0.2, 0.25) is 0 Å². The van der Waals surface area contributed by atoms with Gasteiger partial charge in [0.25, 0.3) is 0 Å². The zero-order chi connectivity index (χ0) is 12.8. The molecule has 0 spiro atoms. The van der Waals surface area contributed by atoms with E-state index in [0.29, 0.717) is 11.3 Å². The Bertz CT molecular complexity index is 436. The van der Waals surface area contributed by atoms with Crippen molar-refractivity contribution >= 4 is 11.7 Å². The smallest absolute Gasteiger partial charge is 0.375 e. The molecule has 0 aliphatic rings. The fraction of sp³-hybridized carbons (Fsp3) is 0.250. The van der Waals surface area contributed by atoms with Crippen molar-refractivity contribution in [2.75, 3.05) is 21.3 Å². The van der Waals surface area contributed by atoms with Gasteiger partial charge in [0, 0.05) is 0 Å². The molecule has 0 atom stereocenters. The van der Waals surface area contributed by atoms with Crippen LogP contribution in [0.1, 0.15) is 5.56 Å². The van der Waals surface area contributed by atoms with Gasteiger partial charge in [0.05, 0.1) is 26.9 Å². The molecule has 0 saturated heterocycles. The number of para-hydroxylation sites is 1. The number of rotatable bonds is 5. The molecule has 0 aliphatic heterocycles. The third-order valence-corrected chi connectivity index (χ3v) is 2.16. The van der Waals surface area contributed by atoms with E-state index in [1.807, 2.05) is 0 Å². The molecule has 0 heterocycles. The number of aliphatic carboxylic acids is 1. The Morgan fingerprint density at radius 1 is 1.12 bits per heavy atom. The van der Waals surface area contributed by atoms with Gasteiger partial charge < -0.3 is 19.3 Å². The second kappa shape index (κ2) is 5.79. The van der Waals surface area contributed by atoms with Gasteiger partial charge in [-0.2, -0.15) is 0 Å². The Hall–Kier alpha value is -2.17. The van der Waals surface area contributed by atoms with E-state index in [4.69, 9.17) is 19.3 Å². The van der Waals surface area contributed by atoms with Crippen molar-refractivity contribution in [3.8, 4) is 5.75 Å². The van der Waals surface area contributed by atoms with Gasteiger partial charge in [-0.15, -0.1) is 0 Å². The van der Waals surface area contributed by atoms with Crippen molar-refractivity contribution in [2.24, 2.45) is 0 Å². The fourth-order valence-corrected chi connectivity index (χ4v) is 1.43. The van der Waals surface area contributed by atoms with E-state index in [-0.39, 0.29) is 11.5 Å². The minimum atomic E-state index is -1.20. The van der Waals surface area contributed by atoms with Gasteiger partial charge >= 0.3 is 5.97 Å². The predicted octanol–water partition coefficient (Wildman–Crippen LogP) is 1.74. The van der Waals surface area contributed by atoms with Gasteiger partial charge in [-0.1, -0.05) is 12.1 Å². The monoisotopic (exact) mass is 238 g/mol. The summed E-state index contributed by atoms with van der Waals surface area (Å²) in [5.74, 6) is -0.829. The predicted molar refractivity (Wildman–Crippen MR) is 61.6 cm³/mol. The molecule has 0 amide bonds. The summed E-state index contributed by atoms with van der Waals surface area (Å²) in [7, 11) is 4.15. The lowest BCUT2D eigenvalue weighted by atomic mass is 10.1. The van der Waals surface area contributed by atoms with Crippen LogP contribution in [0.5, 0.6) is 5.75 Å². The Morgan fingerprint density at radius 3 is 2.24 bits per heavy atom. The van der Waals surface area contributed by atoms with Crippen molar-refractivity contribution in [3.05, 3.63) is 35.6 Å². The zero-order valence-corrected chi connectivity index (χ0v) is 9.89. The quantitative estimate of drug-likeness (QED) is 0.625. The molecule has 0 aromatic heterocycles. The molecule has 17 heavy (non-hydrogen) atoms. The molecular weight excluding hydrogens is 224 g/mol. The maximum Gasteiger partial charge on any atom is 0.375 e. The highest BCUT2D eigenvalue weighted by Crippen LogP contribution is 2.28. The van der Waals surface area contributed by atoms with E-state index >= 15 is 0 Å². The normalized spacial score (nSPS) is 11.5. The second-order valence-electron chi connectivity index (χ2n) is 3.07. The van der Waals surface area contributed by atoms with Gasteiger partial charge in [-0.05, 0) is 12.1 Å². The first-order valence-corrected chi connectivity index (χ1v) is 4.84. The highest BCUT2D eigenvalue weighted by Gasteiger charge is 2.20. The Labute approximate surface area is 99.2 Å². The van der Waals surface area contributed by atoms with E-state index in [0.717, 1.165) is 0 Å². The van der Waals surface area contributed by atoms with Gasteiger partial charge in [0.2, 0.25) is 5.76 Å². The van der Waals surface area contributed by atoms with Gasteiger partial charge in [0.1, 0.15) is 5.75 Å². The molecule has 5 heteroatoms. The van der Waals surface area contributed by atoms with Crippen molar-refractivity contribution in [2.45, 2.75) is 0 Å². The first kappa shape index (κ1) is 12.9. The second-order valence-corrected chi connectivity index (χ2v) is 3.07. The van der Waals surface area contributed by atoms with Crippen LogP contribution in [0.4, 0.5) is 0 Å². The highest BCUT2D eigenvalue weighted by atomic mass is 16.5. The minimum Gasteiger partial charge on any atom is -0.496 e. The van der Waals surface area contributed by atoms with Crippen LogP contribution in [0.15, 0.2) is 30.0 Å². The lowest BCUT2D eigenvalue weighted by molar-refractivity contribution is -0.136. The molecule has 1 rings (SSSR count). The number of ether oxygens (including phenoxy) is 3. The number of carboxylic acid groups (broad SMARTS) is 1. The van der Waals surface area contributed by atoms with Crippen molar-refractivity contribution < 1.29 is 24.1 Å². The summed E-state index contributed by atoms with van der Waals surface area (Å²) < 4.78 is 15.0. The Balaban J connectivity index is 3.40. The lowest BCUT2D eigenvalue weighted by Crippen LogP contribution is -2.08. The number of benzene rings is 1. The maximum atomic E-state index is 11.0. The SMILES string of the molecule is CO/C(C(=O)O)=C(/OC)c1ccccc1OC. The number of hydrogen-bond donors (Lipinski definition) is 1. The molecule has 0 radical (unpaired) electrons. The summed E-state index contributed by atoms with van der Waals surface area (Å²) in [5, 5.41) is 9.00. The molecule has 5 nitrogen and oxygen atoms in total. The molecule has 0 aliphatic carbocycles. The fourth-order valence-electron chi connectivity index (χ4n) is 1.43. The van der Waals surface area contributed by atoms with Gasteiger partial charge in [0.15, 0.2) is 5.76 Å². The van der Waals surface area contributed by atoms with Gasteiger partial charge in [-0.3, -0.25) is 0 Å². The third-order valence-electron chi connectivity index (χ3n) is 2.16. The van der Waals surface area contributed by atoms with Crippen LogP contribution in [0.25, 0.3) is 5.76 Å². The summed E-state index contributed by atoms with van der Waals surface area (Å²) in [6.45, 7) is 0. The molecular formula is C12H14O5. The summed E-state index contributed by atoms with van der Waals surface area (Å²) in [4.78, 5) is 11.0. The van der Waals surface area contributed by atoms with E-state index < -0.39 is 5.97 Å². The van der Waals surface area contributed by atoms with Gasteiger partial charge in [-0.25, -0.2) is 4.79 Å². The average molecular weight is 238 g/mol. The van der Waals surface area contributed by atoms with E-state index in [2.05, 4.69) is 0 Å². The first-order valence-electron chi connectivity index (χ1n) is 4.84. The van der Waals surface area contributed by atoms with Crippen LogP contribution < -0.4 is 4.74 Å². The first-order chi connectivity index (χ1) is 8.15. The summed E-state index contributed by atoms with van der Waals surface area (Å²) in [5.41, 5.74) is 0.525. The van der Waals surface area contributed by atoms with Crippen LogP contribution in [-0.2, 0) is 14.3 Å². The summed E-state index contributed by atoms with van der Waals surface area (Å²) in [6.07, 6.45) is 0. The third kappa shape index (κ3) is 2.69. The van der Waals surface area contributed by atoms with E-state index in [9.17, 15) is 4.79 Å². The van der Waals surface area contributed by atoms with Crippen molar-refractivity contribution in [3.63, 3.8) is 0 Å². The largest absolute Gasteiger partial charge is 0.496 e. The van der Waals surface area contributed by atoms with Crippen LogP contribution in [-0.4, -0.2) is 32.4 Å². The standard InChI is InChI=1S/C12H14O5/c1-15-9-7-5-4-6-8(9)10(16-2)11(17-3)12(13)14/h4-7H,1-3H3,(H,13,14)/b11-10+. The van der Waals surface area contributed by atoms with Crippen molar-refractivity contribution in [1.29, 1.82) is 0 Å². The topological polar surface area (TPSA) is 65.0 Å². The lowest BCUT2D eigenvalue weighted by Gasteiger charge is -2.13. The van der Waals surface area contributed by atoms with Crippen molar-refractivity contribution in [1.82, 2.24) is 0 Å². The van der Waals surface area contributed by atoms with Crippen LogP contribution in [0, 0.1) is 0 Å². The number of methoxy groups -OCH3 is 3. The maximum absolute atomic E-state index is 11.0. The Kier molecular flexibility index (Phi) is 4.39. The van der Waals surface area contributed by atoms with E-state index in [1.54, 1.807) is 24.3 Å². The average Bonchev–Trinajstić information content (AvgIpc) is 2.35. The number of carboxylic acids is 1. The van der Waals surface area contributed by atoms with Crippen LogP contribution >= 0.6 is 0 Å². The molecule has 0 bridgehead atoms. The zero-order valence-electron chi connectivity index (χ0n) is 9.89. The molecule has 1 aromatic carbocycles. The summed E-state index contributed by atoms with van der Waals surface area (Å²) in [6, 6.07) is 6.94. The molecule has 0 fully saturated rings. The Morgan fingerprint density at radius 2 is 1.76 bits per heavy atom. The van der Waals surface area contributed by atoms with E-state index in [1.165, 1.54) is 21.3 Å². The summed E-state index contributed by atoms with van der Waals surface area (Å²) >= 11 is 0. The highest BCUT2D eigenvalue weighted by molar-refractivity contribution is 5.93. The number of hydrogen-bond acceptors (Lipinski definition) is 4. The number of carbonyl (C=O) groups is 1. The molecule has 1 N–H and O–H groups in total. The molecule has 1 aromatic rings. The molecule has 92 valence electrons. The minimum absolute atomic E-state index is 0.123. The van der Waals surface area contributed by atoms with Crippen LogP contribution in [0.3, 0.4) is 0 Å².